The van der Waals surface area contributed by atoms with E-state index in [4.69, 9.17) is 9.47 Å². The van der Waals surface area contributed by atoms with E-state index in [2.05, 4.69) is 0 Å². The van der Waals surface area contributed by atoms with Crippen molar-refractivity contribution in [2.45, 2.75) is 23.7 Å². The average Bonchev–Trinajstić information content (AvgIpc) is 2.94. The number of amides is 1. The van der Waals surface area contributed by atoms with Gasteiger partial charge >= 0.3 is 217 Å². The van der Waals surface area contributed by atoms with Crippen molar-refractivity contribution in [2.75, 3.05) is 0 Å². The fourth-order valence-corrected chi connectivity index (χ4v) is 6.48. The first kappa shape index (κ1) is 23.9. The Morgan fingerprint density at radius 2 is 1.28 bits per heavy atom. The Morgan fingerprint density at radius 1 is 0.750 bits per heavy atom. The predicted octanol–water partition coefficient (Wildman–Crippen LogP) is 5.02. The molecule has 0 radical (unpaired) electrons. The molecular weight excluding hydrogens is 517 g/mol. The molecule has 5 nitrogen and oxygen atoms in total. The van der Waals surface area contributed by atoms with Gasteiger partial charge in [0.1, 0.15) is 0 Å². The second-order valence-corrected chi connectivity index (χ2v) is 10.8. The molecule has 0 N–H and O–H groups in total. The van der Waals surface area contributed by atoms with Crippen LogP contribution in [0.25, 0.3) is 0 Å². The summed E-state index contributed by atoms with van der Waals surface area (Å²) >= 11 is -0.390. The first-order valence-electron chi connectivity index (χ1n) is 11.7. The van der Waals surface area contributed by atoms with Gasteiger partial charge in [-0.3, -0.25) is 0 Å². The van der Waals surface area contributed by atoms with Crippen LogP contribution in [-0.2, 0) is 20.9 Å². The third-order valence-electron chi connectivity index (χ3n) is 5.96. The minimum absolute atomic E-state index is 0.119. The molecule has 36 heavy (non-hydrogen) atoms. The fourth-order valence-electron chi connectivity index (χ4n) is 4.27. The molecule has 0 aliphatic carbocycles. The number of rotatable bonds is 6. The third kappa shape index (κ3) is 5.35. The molecule has 6 heteroatoms. The number of benzene rings is 4. The molecule has 1 aliphatic heterocycles. The number of ether oxygens (including phenoxy) is 2. The first-order valence-corrected chi connectivity index (χ1v) is 13.6. The summed E-state index contributed by atoms with van der Waals surface area (Å²) < 4.78 is 12.9. The zero-order chi connectivity index (χ0) is 24.7. The Hall–Kier alpha value is -3.86. The van der Waals surface area contributed by atoms with E-state index in [1.807, 2.05) is 121 Å². The van der Waals surface area contributed by atoms with Gasteiger partial charge in [0.15, 0.2) is 0 Å². The number of nitrogens with zero attached hydrogens (tertiary/aromatic N) is 1. The van der Waals surface area contributed by atoms with E-state index in [1.54, 1.807) is 4.90 Å². The molecule has 1 aliphatic rings. The number of hydrogen-bond donors (Lipinski definition) is 0. The van der Waals surface area contributed by atoms with Gasteiger partial charge in [-0.05, 0) is 0 Å². The molecule has 5 rings (SSSR count). The van der Waals surface area contributed by atoms with Crippen molar-refractivity contribution in [3.63, 3.8) is 0 Å². The summed E-state index contributed by atoms with van der Waals surface area (Å²) in [6.45, 7) is 0.119. The van der Waals surface area contributed by atoms with Crippen LogP contribution in [0.4, 0.5) is 4.79 Å². The summed E-state index contributed by atoms with van der Waals surface area (Å²) in [6.07, 6.45) is -1.19. The van der Waals surface area contributed by atoms with E-state index in [0.29, 0.717) is 0 Å². The van der Waals surface area contributed by atoms with Crippen LogP contribution in [-0.4, -0.2) is 36.9 Å². The molecule has 4 aromatic carbocycles. The zero-order valence-electron chi connectivity index (χ0n) is 19.5. The van der Waals surface area contributed by atoms with E-state index in [0.717, 1.165) is 21.2 Å². The van der Waals surface area contributed by atoms with Crippen LogP contribution in [0.3, 0.4) is 0 Å². The van der Waals surface area contributed by atoms with Crippen LogP contribution in [0.15, 0.2) is 121 Å². The van der Waals surface area contributed by atoms with Crippen molar-refractivity contribution in [1.82, 2.24) is 4.90 Å². The normalized spacial score (nSPS) is 19.4. The van der Waals surface area contributed by atoms with Crippen molar-refractivity contribution < 1.29 is 19.1 Å². The predicted molar refractivity (Wildman–Crippen MR) is 139 cm³/mol. The number of carbonyl (C=O) groups excluding carboxylic acids is 2. The maximum atomic E-state index is 13.8. The summed E-state index contributed by atoms with van der Waals surface area (Å²) in [4.78, 5) is 28.1. The molecule has 1 heterocycles. The molecule has 1 fully saturated rings. The van der Waals surface area contributed by atoms with Crippen LogP contribution >= 0.6 is 0 Å². The van der Waals surface area contributed by atoms with E-state index in [1.165, 1.54) is 0 Å². The summed E-state index contributed by atoms with van der Waals surface area (Å²) in [5, 5.41) is 0. The minimum atomic E-state index is -0.770. The number of hydrogen-bond acceptors (Lipinski definition) is 4. The van der Waals surface area contributed by atoms with Gasteiger partial charge in [-0.25, -0.2) is 0 Å². The molecule has 0 saturated carbocycles. The molecule has 0 bridgehead atoms. The fraction of sp³-hybridized carbons (Fsp3) is 0.133. The SMILES string of the molecule is O=C1O[C@@H](c2ccccc2)[C@@H](c2ccccc2)N(C(=O)OCc2ccccc2)[C@@H]1[Se]c1ccccc1. The Labute approximate surface area is 216 Å². The van der Waals surface area contributed by atoms with Crippen molar-refractivity contribution >= 4 is 31.5 Å². The molecule has 0 aromatic heterocycles. The number of cyclic esters (lactones) is 1. The van der Waals surface area contributed by atoms with Crippen molar-refractivity contribution in [2.24, 2.45) is 0 Å². The van der Waals surface area contributed by atoms with E-state index < -0.39 is 44.1 Å². The van der Waals surface area contributed by atoms with Crippen LogP contribution in [0.5, 0.6) is 0 Å². The van der Waals surface area contributed by atoms with Crippen LogP contribution in [0, 0.1) is 0 Å². The van der Waals surface area contributed by atoms with E-state index >= 15 is 0 Å². The Balaban J connectivity index is 1.55. The van der Waals surface area contributed by atoms with Gasteiger partial charge in [-0.15, -0.1) is 0 Å². The Kier molecular flexibility index (Phi) is 7.46. The van der Waals surface area contributed by atoms with Gasteiger partial charge in [0, 0.05) is 0 Å². The second-order valence-electron chi connectivity index (χ2n) is 8.35. The summed E-state index contributed by atoms with van der Waals surface area (Å²) in [6, 6.07) is 38.0. The van der Waals surface area contributed by atoms with Crippen molar-refractivity contribution in [3.05, 3.63) is 138 Å². The molecule has 0 unspecified atom stereocenters. The second kappa shape index (κ2) is 11.3. The van der Waals surface area contributed by atoms with Gasteiger partial charge in [0.05, 0.1) is 0 Å². The van der Waals surface area contributed by atoms with E-state index in [-0.39, 0.29) is 6.61 Å². The van der Waals surface area contributed by atoms with Crippen LogP contribution in [0.2, 0.25) is 0 Å². The average molecular weight is 542 g/mol. The summed E-state index contributed by atoms with van der Waals surface area (Å²) in [7, 11) is 0. The first-order chi connectivity index (χ1) is 17.7. The monoisotopic (exact) mass is 543 g/mol. The number of carbonyl (C=O) groups is 2. The van der Waals surface area contributed by atoms with Gasteiger partial charge in [0.2, 0.25) is 0 Å². The topological polar surface area (TPSA) is 55.8 Å². The van der Waals surface area contributed by atoms with Gasteiger partial charge < -0.3 is 0 Å². The van der Waals surface area contributed by atoms with Crippen molar-refractivity contribution in [3.8, 4) is 0 Å². The van der Waals surface area contributed by atoms with Gasteiger partial charge in [0.25, 0.3) is 0 Å². The Bertz CT molecular complexity index is 1290. The van der Waals surface area contributed by atoms with Gasteiger partial charge in [-0.1, -0.05) is 0 Å². The van der Waals surface area contributed by atoms with E-state index in [9.17, 15) is 9.59 Å². The quantitative estimate of drug-likeness (QED) is 0.254. The number of morpholine rings is 1. The molecule has 1 amide bonds. The molecule has 0 spiro atoms. The molecule has 3 atom stereocenters. The summed E-state index contributed by atoms with van der Waals surface area (Å²) in [5.41, 5.74) is 2.59. The molecular formula is C30H25NO4Se. The summed E-state index contributed by atoms with van der Waals surface area (Å²) in [5.74, 6) is -0.420. The van der Waals surface area contributed by atoms with Crippen LogP contribution in [0.1, 0.15) is 28.8 Å². The zero-order valence-corrected chi connectivity index (χ0v) is 21.2. The van der Waals surface area contributed by atoms with Gasteiger partial charge in [-0.2, -0.15) is 0 Å². The molecule has 180 valence electrons. The van der Waals surface area contributed by atoms with Crippen LogP contribution < -0.4 is 4.46 Å². The Morgan fingerprint density at radius 3 is 1.89 bits per heavy atom. The maximum absolute atomic E-state index is 13.8. The third-order valence-corrected chi connectivity index (χ3v) is 8.45. The molecule has 1 saturated heterocycles. The van der Waals surface area contributed by atoms with Crippen molar-refractivity contribution in [1.29, 1.82) is 0 Å². The standard InChI is InChI=1S/C30H25NO4Se/c32-29-28(36-25-19-11-4-12-20-25)31(30(33)34-21-22-13-5-1-6-14-22)26(23-15-7-2-8-16-23)27(35-29)24-17-9-3-10-18-24/h1-20,26-28H,21H2/t26-,27+,28-/m1/s1. The molecule has 4 aromatic rings. The number of esters is 1.